The van der Waals surface area contributed by atoms with Crippen LogP contribution in [0.5, 0.6) is 0 Å². The summed E-state index contributed by atoms with van der Waals surface area (Å²) in [6, 6.07) is 0. The lowest BCUT2D eigenvalue weighted by molar-refractivity contribution is 1.75. The summed E-state index contributed by atoms with van der Waals surface area (Å²) in [6.07, 6.45) is 0. The van der Waals surface area contributed by atoms with Crippen molar-refractivity contribution in [2.75, 3.05) is 23.0 Å². The third-order valence-corrected chi connectivity index (χ3v) is 4.69. The van der Waals surface area contributed by atoms with Crippen LogP contribution in [0.25, 0.3) is 0 Å². The highest BCUT2D eigenvalue weighted by Gasteiger charge is 2.47. The van der Waals surface area contributed by atoms with Crippen LogP contribution in [0.3, 0.4) is 0 Å². The van der Waals surface area contributed by atoms with Crippen LogP contribution in [0.15, 0.2) is 0 Å². The zero-order chi connectivity index (χ0) is 3.33. The molecule has 0 aromatic rings. The second-order valence-corrected chi connectivity index (χ2v) is 6.12. The summed E-state index contributed by atoms with van der Waals surface area (Å²) in [5, 5.41) is 0. The van der Waals surface area contributed by atoms with Gasteiger partial charge in [-0.15, -0.1) is 0 Å². The standard InChI is InChI=1S/C4H8S/c1-2-5(1)3-4-5/h1-4H2. The lowest BCUT2D eigenvalue weighted by Crippen LogP contribution is -1.28. The predicted octanol–water partition coefficient (Wildman–Crippen LogP) is 0.818. The first-order chi connectivity index (χ1) is 2.41. The normalized spacial score (nSPS) is 44.8. The van der Waals surface area contributed by atoms with Crippen molar-refractivity contribution in [3.8, 4) is 0 Å². The Morgan fingerprint density at radius 2 is 1.20 bits per heavy atom. The van der Waals surface area contributed by atoms with Crippen molar-refractivity contribution in [2.45, 2.75) is 0 Å². The third kappa shape index (κ3) is 0.224. The van der Waals surface area contributed by atoms with E-state index in [0.29, 0.717) is 10.0 Å². The lowest BCUT2D eigenvalue weighted by atomic mass is 11.0. The van der Waals surface area contributed by atoms with E-state index >= 15 is 0 Å². The molecule has 0 aromatic heterocycles. The Balaban J connectivity index is 2.30. The van der Waals surface area contributed by atoms with Gasteiger partial charge in [-0.25, -0.2) is 10.0 Å². The summed E-state index contributed by atoms with van der Waals surface area (Å²) >= 11 is 0. The molecule has 0 bridgehead atoms. The highest BCUT2D eigenvalue weighted by molar-refractivity contribution is 8.44. The second kappa shape index (κ2) is 0.456. The van der Waals surface area contributed by atoms with Crippen molar-refractivity contribution < 1.29 is 0 Å². The van der Waals surface area contributed by atoms with E-state index in [-0.39, 0.29) is 0 Å². The number of hydrogen-bond donors (Lipinski definition) is 0. The quantitative estimate of drug-likeness (QED) is 0.384. The van der Waals surface area contributed by atoms with Gasteiger partial charge in [0.1, 0.15) is 0 Å². The zero-order valence-corrected chi connectivity index (χ0v) is 4.05. The van der Waals surface area contributed by atoms with Gasteiger partial charge in [-0.05, 0) is 23.0 Å². The van der Waals surface area contributed by atoms with Gasteiger partial charge in [0.2, 0.25) is 0 Å². The van der Waals surface area contributed by atoms with Gasteiger partial charge in [0.25, 0.3) is 0 Å². The summed E-state index contributed by atoms with van der Waals surface area (Å²) in [5.74, 6) is 6.58. The Labute approximate surface area is 33.9 Å². The number of rotatable bonds is 0. The van der Waals surface area contributed by atoms with Crippen LogP contribution in [0.2, 0.25) is 0 Å². The molecule has 0 radical (unpaired) electrons. The van der Waals surface area contributed by atoms with E-state index in [1.54, 1.807) is 23.0 Å². The molecule has 0 N–H and O–H groups in total. The van der Waals surface area contributed by atoms with Crippen molar-refractivity contribution in [2.24, 2.45) is 0 Å². The fourth-order valence-corrected chi connectivity index (χ4v) is 3.35. The first-order valence-electron chi connectivity index (χ1n) is 2.15. The Kier molecular flexibility index (Phi) is 0.229. The predicted molar refractivity (Wildman–Crippen MR) is 27.1 cm³/mol. The van der Waals surface area contributed by atoms with Crippen LogP contribution in [-0.4, -0.2) is 23.0 Å². The summed E-state index contributed by atoms with van der Waals surface area (Å²) in [6.45, 7) is 0. The van der Waals surface area contributed by atoms with E-state index in [9.17, 15) is 0 Å². The van der Waals surface area contributed by atoms with Crippen molar-refractivity contribution in [1.29, 1.82) is 0 Å². The zero-order valence-electron chi connectivity index (χ0n) is 3.24. The van der Waals surface area contributed by atoms with Gasteiger partial charge in [-0.2, -0.15) is 0 Å². The summed E-state index contributed by atoms with van der Waals surface area (Å²) in [5.41, 5.74) is 0. The molecule has 0 unspecified atom stereocenters. The van der Waals surface area contributed by atoms with Gasteiger partial charge in [0, 0.05) is 0 Å². The first kappa shape index (κ1) is 2.51. The Morgan fingerprint density at radius 3 is 1.20 bits per heavy atom. The lowest BCUT2D eigenvalue weighted by Gasteiger charge is -1.72. The van der Waals surface area contributed by atoms with Gasteiger partial charge in [0.15, 0.2) is 0 Å². The monoisotopic (exact) mass is 88.0 g/mol. The van der Waals surface area contributed by atoms with Gasteiger partial charge >= 0.3 is 0 Å². The largest absolute Gasteiger partial charge is 0.238 e. The van der Waals surface area contributed by atoms with E-state index in [4.69, 9.17) is 0 Å². The Morgan fingerprint density at radius 1 is 0.800 bits per heavy atom. The average Bonchev–Trinajstić information content (AvgIpc) is 2.17. The molecule has 2 fully saturated rings. The highest BCUT2D eigenvalue weighted by Crippen LogP contribution is 2.72. The molecule has 2 aliphatic rings. The minimum atomic E-state index is 0.333. The van der Waals surface area contributed by atoms with Gasteiger partial charge in [-0.3, -0.25) is 0 Å². The van der Waals surface area contributed by atoms with Crippen molar-refractivity contribution in [1.82, 2.24) is 0 Å². The van der Waals surface area contributed by atoms with Gasteiger partial charge in [0.05, 0.1) is 0 Å². The van der Waals surface area contributed by atoms with Crippen LogP contribution in [0.4, 0.5) is 0 Å². The summed E-state index contributed by atoms with van der Waals surface area (Å²) < 4.78 is 0. The van der Waals surface area contributed by atoms with E-state index in [1.807, 2.05) is 0 Å². The van der Waals surface area contributed by atoms with Crippen molar-refractivity contribution in [3.63, 3.8) is 0 Å². The molecular formula is C4H8S. The Bertz CT molecular complexity index is 46.5. The van der Waals surface area contributed by atoms with Crippen LogP contribution in [0, 0.1) is 0 Å². The number of hydrogen-bond acceptors (Lipinski definition) is 0. The van der Waals surface area contributed by atoms with E-state index < -0.39 is 0 Å². The molecule has 2 aliphatic heterocycles. The van der Waals surface area contributed by atoms with Crippen LogP contribution in [-0.2, 0) is 0 Å². The maximum atomic E-state index is 1.65. The fourth-order valence-electron chi connectivity index (χ4n) is 0.644. The molecule has 2 rings (SSSR count). The van der Waals surface area contributed by atoms with Crippen molar-refractivity contribution >= 4 is 10.0 Å². The topological polar surface area (TPSA) is 0 Å². The SMILES string of the molecule is C1CS12CC2. The highest BCUT2D eigenvalue weighted by atomic mass is 32.3. The van der Waals surface area contributed by atoms with Crippen molar-refractivity contribution in [3.05, 3.63) is 0 Å². The van der Waals surface area contributed by atoms with Crippen LogP contribution >= 0.6 is 10.0 Å². The Hall–Kier alpha value is 0.350. The molecular weight excluding hydrogens is 80.1 g/mol. The fraction of sp³-hybridized carbons (Fsp3) is 1.00. The second-order valence-electron chi connectivity index (χ2n) is 2.04. The molecule has 2 heterocycles. The van der Waals surface area contributed by atoms with Gasteiger partial charge in [-0.1, -0.05) is 0 Å². The average molecular weight is 88.2 g/mol. The molecule has 30 valence electrons. The van der Waals surface area contributed by atoms with Gasteiger partial charge < -0.3 is 0 Å². The molecule has 5 heavy (non-hydrogen) atoms. The van der Waals surface area contributed by atoms with E-state index in [0.717, 1.165) is 0 Å². The minimum absolute atomic E-state index is 0.333. The molecule has 0 amide bonds. The third-order valence-electron chi connectivity index (χ3n) is 1.56. The minimum Gasteiger partial charge on any atom is -0.238 e. The smallest absolute Gasteiger partial charge is 0.0150 e. The molecule has 0 aromatic carbocycles. The first-order valence-corrected chi connectivity index (χ1v) is 4.46. The molecule has 2 saturated heterocycles. The summed E-state index contributed by atoms with van der Waals surface area (Å²) in [7, 11) is 0.333. The molecule has 0 saturated carbocycles. The molecule has 0 atom stereocenters. The maximum absolute atomic E-state index is 1.65. The molecule has 1 spiro atoms. The van der Waals surface area contributed by atoms with Crippen LogP contribution in [0.1, 0.15) is 0 Å². The molecule has 0 nitrogen and oxygen atoms in total. The van der Waals surface area contributed by atoms with Crippen LogP contribution < -0.4 is 0 Å². The molecule has 0 aliphatic carbocycles. The van der Waals surface area contributed by atoms with E-state index in [1.165, 1.54) is 0 Å². The molecule has 1 heteroatoms. The maximum Gasteiger partial charge on any atom is -0.0150 e. The van der Waals surface area contributed by atoms with E-state index in [2.05, 4.69) is 0 Å². The summed E-state index contributed by atoms with van der Waals surface area (Å²) in [4.78, 5) is 0.